The molecule has 2 aromatic rings. The molecule has 4 nitrogen and oxygen atoms in total. The van der Waals surface area contributed by atoms with Gasteiger partial charge in [0.15, 0.2) is 0 Å². The number of hydrogen-bond donors (Lipinski definition) is 0. The van der Waals surface area contributed by atoms with Crippen LogP contribution in [0, 0.1) is 6.92 Å². The average molecular weight is 328 g/mol. The van der Waals surface area contributed by atoms with Crippen molar-refractivity contribution in [2.75, 3.05) is 0 Å². The minimum Gasteiger partial charge on any atom is -0.198 e. The molecule has 2 rings (SSSR count). The molecule has 116 valence electrons. The average Bonchev–Trinajstić information content (AvgIpc) is 2.45. The summed E-state index contributed by atoms with van der Waals surface area (Å²) in [5, 5.41) is 3.47. The van der Waals surface area contributed by atoms with Crippen LogP contribution in [0.2, 0.25) is 0 Å². The van der Waals surface area contributed by atoms with Crippen LogP contribution in [0.5, 0.6) is 0 Å². The quantitative estimate of drug-likeness (QED) is 0.780. The summed E-state index contributed by atoms with van der Waals surface area (Å²) in [5.41, 5.74) is 0.0650. The first-order valence-electron chi connectivity index (χ1n) is 6.10. The maximum atomic E-state index is 12.4. The lowest BCUT2D eigenvalue weighted by atomic mass is 10.2. The molecule has 2 aromatic carbocycles. The molecule has 0 aliphatic carbocycles. The fourth-order valence-corrected chi connectivity index (χ4v) is 2.35. The lowest BCUT2D eigenvalue weighted by Gasteiger charge is -2.05. The molecular formula is C14H11F3N2O2S. The van der Waals surface area contributed by atoms with E-state index in [2.05, 4.69) is 9.63 Å². The summed E-state index contributed by atoms with van der Waals surface area (Å²) in [6, 6.07) is 9.72. The van der Waals surface area contributed by atoms with E-state index in [9.17, 15) is 21.6 Å². The molecule has 0 bridgehead atoms. The van der Waals surface area contributed by atoms with Gasteiger partial charge in [0, 0.05) is 0 Å². The number of nitrogens with zero attached hydrogens (tertiary/aromatic N) is 2. The monoisotopic (exact) mass is 328 g/mol. The molecule has 0 heterocycles. The first-order valence-corrected chi connectivity index (χ1v) is 7.54. The third-order valence-corrected chi connectivity index (χ3v) is 3.94. The molecule has 0 aliphatic heterocycles. The van der Waals surface area contributed by atoms with Crippen LogP contribution in [0.1, 0.15) is 11.1 Å². The zero-order valence-corrected chi connectivity index (χ0v) is 12.2. The van der Waals surface area contributed by atoms with E-state index in [-0.39, 0.29) is 10.6 Å². The molecule has 0 fully saturated rings. The second kappa shape index (κ2) is 5.88. The predicted octanol–water partition coefficient (Wildman–Crippen LogP) is 4.49. The summed E-state index contributed by atoms with van der Waals surface area (Å²) in [4.78, 5) is -0.0336. The number of benzene rings is 2. The second-order valence-electron chi connectivity index (χ2n) is 4.51. The normalized spacial score (nSPS) is 12.7. The Morgan fingerprint density at radius 1 is 0.909 bits per heavy atom. The van der Waals surface area contributed by atoms with Gasteiger partial charge in [-0.1, -0.05) is 22.2 Å². The van der Waals surface area contributed by atoms with Crippen molar-refractivity contribution in [1.82, 2.24) is 0 Å². The van der Waals surface area contributed by atoms with E-state index in [1.807, 2.05) is 0 Å². The number of alkyl halides is 3. The lowest BCUT2D eigenvalue weighted by Crippen LogP contribution is -2.03. The lowest BCUT2D eigenvalue weighted by molar-refractivity contribution is -0.137. The summed E-state index contributed by atoms with van der Waals surface area (Å²) in [6.07, 6.45) is -4.45. The zero-order chi connectivity index (χ0) is 16.4. The van der Waals surface area contributed by atoms with Gasteiger partial charge in [0.2, 0.25) is 0 Å². The van der Waals surface area contributed by atoms with Gasteiger partial charge in [0.1, 0.15) is 0 Å². The molecule has 0 atom stereocenters. The van der Waals surface area contributed by atoms with Crippen LogP contribution in [0.4, 0.5) is 18.9 Å². The maximum Gasteiger partial charge on any atom is 0.416 e. The van der Waals surface area contributed by atoms with E-state index in [1.54, 1.807) is 19.1 Å². The Bertz CT molecular complexity index is 780. The molecule has 0 amide bonds. The van der Waals surface area contributed by atoms with Crippen LogP contribution in [0.3, 0.4) is 0 Å². The van der Waals surface area contributed by atoms with E-state index >= 15 is 0 Å². The van der Waals surface area contributed by atoms with Crippen molar-refractivity contribution in [2.45, 2.75) is 18.0 Å². The van der Waals surface area contributed by atoms with E-state index in [4.69, 9.17) is 0 Å². The first-order chi connectivity index (χ1) is 10.2. The number of halogens is 3. The smallest absolute Gasteiger partial charge is 0.198 e. The Morgan fingerprint density at radius 2 is 1.45 bits per heavy atom. The fraction of sp³-hybridized carbons (Fsp3) is 0.143. The highest BCUT2D eigenvalue weighted by molar-refractivity contribution is 7.90. The second-order valence-corrected chi connectivity index (χ2v) is 6.10. The van der Waals surface area contributed by atoms with Gasteiger partial charge in [-0.05, 0) is 43.3 Å². The first kappa shape index (κ1) is 16.2. The molecule has 22 heavy (non-hydrogen) atoms. The number of hydrogen-bond acceptors (Lipinski definition) is 3. The van der Waals surface area contributed by atoms with Crippen molar-refractivity contribution in [2.24, 2.45) is 9.63 Å². The van der Waals surface area contributed by atoms with Crippen molar-refractivity contribution in [3.05, 3.63) is 59.7 Å². The van der Waals surface area contributed by atoms with Gasteiger partial charge < -0.3 is 0 Å². The van der Waals surface area contributed by atoms with Gasteiger partial charge in [-0.15, -0.1) is 5.11 Å². The fourth-order valence-electron chi connectivity index (χ4n) is 1.58. The number of aryl methyl sites for hydroxylation is 1. The van der Waals surface area contributed by atoms with Crippen molar-refractivity contribution < 1.29 is 21.6 Å². The van der Waals surface area contributed by atoms with Crippen LogP contribution in [-0.2, 0) is 16.2 Å². The van der Waals surface area contributed by atoms with Gasteiger partial charge in [-0.3, -0.25) is 0 Å². The Hall–Kier alpha value is -2.22. The summed E-state index contributed by atoms with van der Waals surface area (Å²) in [6.45, 7) is 1.81. The van der Waals surface area contributed by atoms with Gasteiger partial charge in [-0.25, -0.2) is 0 Å². The van der Waals surface area contributed by atoms with Crippen molar-refractivity contribution in [3.63, 3.8) is 0 Å². The molecule has 0 radical (unpaired) electrons. The molecule has 0 aromatic heterocycles. The van der Waals surface area contributed by atoms with Gasteiger partial charge >= 0.3 is 6.18 Å². The van der Waals surface area contributed by atoms with Crippen molar-refractivity contribution >= 4 is 15.7 Å². The number of sulfonamides is 1. The molecule has 0 unspecified atom stereocenters. The zero-order valence-electron chi connectivity index (χ0n) is 11.4. The van der Waals surface area contributed by atoms with Crippen molar-refractivity contribution in [1.29, 1.82) is 0 Å². The SMILES string of the molecule is Cc1ccc(S(=O)(=O)N=Nc2ccc(C(F)(F)F)cc2)cc1. The van der Waals surface area contributed by atoms with E-state index in [1.165, 1.54) is 12.1 Å². The predicted molar refractivity (Wildman–Crippen MR) is 74.3 cm³/mol. The highest BCUT2D eigenvalue weighted by Crippen LogP contribution is 2.30. The molecule has 0 spiro atoms. The summed E-state index contributed by atoms with van der Waals surface area (Å²) >= 11 is 0. The van der Waals surface area contributed by atoms with Crippen LogP contribution >= 0.6 is 0 Å². The summed E-state index contributed by atoms with van der Waals surface area (Å²) in [5.74, 6) is 0. The third kappa shape index (κ3) is 3.91. The summed E-state index contributed by atoms with van der Waals surface area (Å²) in [7, 11) is -3.98. The Morgan fingerprint density at radius 3 is 1.95 bits per heavy atom. The molecule has 0 aliphatic rings. The highest BCUT2D eigenvalue weighted by atomic mass is 32.2. The molecule has 0 saturated carbocycles. The van der Waals surface area contributed by atoms with Crippen LogP contribution in [0.15, 0.2) is 63.1 Å². The topological polar surface area (TPSA) is 58.9 Å². The summed E-state index contributed by atoms with van der Waals surface area (Å²) < 4.78 is 64.2. The maximum absolute atomic E-state index is 12.4. The van der Waals surface area contributed by atoms with Gasteiger partial charge in [0.05, 0.1) is 16.1 Å². The van der Waals surface area contributed by atoms with Gasteiger partial charge in [0.25, 0.3) is 10.0 Å². The minimum atomic E-state index is -4.45. The van der Waals surface area contributed by atoms with Gasteiger partial charge in [-0.2, -0.15) is 21.6 Å². The van der Waals surface area contributed by atoms with E-state index in [0.29, 0.717) is 0 Å². The Labute approximate surface area is 125 Å². The largest absolute Gasteiger partial charge is 0.416 e. The van der Waals surface area contributed by atoms with Crippen LogP contribution in [-0.4, -0.2) is 8.42 Å². The van der Waals surface area contributed by atoms with E-state index < -0.39 is 21.8 Å². The minimum absolute atomic E-state index is 0.0173. The molecule has 0 saturated heterocycles. The highest BCUT2D eigenvalue weighted by Gasteiger charge is 2.29. The Balaban J connectivity index is 2.22. The van der Waals surface area contributed by atoms with Crippen LogP contribution < -0.4 is 0 Å². The van der Waals surface area contributed by atoms with Crippen molar-refractivity contribution in [3.8, 4) is 0 Å². The Kier molecular flexibility index (Phi) is 4.32. The number of rotatable bonds is 3. The standard InChI is InChI=1S/C14H11F3N2O2S/c1-10-2-8-13(9-3-10)22(20,21)19-18-12-6-4-11(5-7-12)14(15,16)17/h2-9H,1H3. The van der Waals surface area contributed by atoms with Crippen LogP contribution in [0.25, 0.3) is 0 Å². The molecular weight excluding hydrogens is 317 g/mol. The van der Waals surface area contributed by atoms with E-state index in [0.717, 1.165) is 29.8 Å². The molecule has 8 heteroatoms. The molecule has 0 N–H and O–H groups in total. The third-order valence-electron chi connectivity index (χ3n) is 2.78.